The Hall–Kier alpha value is -3.75. The first-order valence-electron chi connectivity index (χ1n) is 7.12. The molecule has 0 heterocycles. The zero-order valence-corrected chi connectivity index (χ0v) is 13.9. The Labute approximate surface area is 149 Å². The maximum atomic E-state index is 11.6. The third kappa shape index (κ3) is 6.40. The highest BCUT2D eigenvalue weighted by Crippen LogP contribution is 2.20. The minimum atomic E-state index is -0.854. The lowest BCUT2D eigenvalue weighted by Crippen LogP contribution is -2.17. The van der Waals surface area contributed by atoms with E-state index in [0.717, 1.165) is 0 Å². The summed E-state index contributed by atoms with van der Waals surface area (Å²) in [6.07, 6.45) is 0. The number of carbonyl (C=O) groups excluding carboxylic acids is 3. The van der Waals surface area contributed by atoms with Crippen molar-refractivity contribution in [2.45, 2.75) is 13.2 Å². The summed E-state index contributed by atoms with van der Waals surface area (Å²) >= 11 is 0. The number of nitrogens with two attached hydrogens (primary N) is 3. The second kappa shape index (κ2) is 8.92. The highest BCUT2D eigenvalue weighted by molar-refractivity contribution is 5.88. The molecule has 1 aromatic rings. The highest BCUT2D eigenvalue weighted by atomic mass is 16.5. The smallest absolute Gasteiger partial charge is 0.358 e. The van der Waals surface area contributed by atoms with Crippen molar-refractivity contribution in [3.63, 3.8) is 0 Å². The van der Waals surface area contributed by atoms with Crippen LogP contribution < -0.4 is 21.9 Å². The van der Waals surface area contributed by atoms with Crippen LogP contribution in [0.3, 0.4) is 0 Å². The van der Waals surface area contributed by atoms with Crippen LogP contribution in [0, 0.1) is 0 Å². The molecule has 0 radical (unpaired) electrons. The normalized spacial score (nSPS) is 9.69. The molecule has 138 valence electrons. The fraction of sp³-hybridized carbons (Fsp3) is 0.118. The Morgan fingerprint density at radius 1 is 0.731 bits per heavy atom. The van der Waals surface area contributed by atoms with Gasteiger partial charge < -0.3 is 31.4 Å². The predicted octanol–water partition coefficient (Wildman–Crippen LogP) is 0.0956. The van der Waals surface area contributed by atoms with Crippen LogP contribution >= 0.6 is 0 Å². The summed E-state index contributed by atoms with van der Waals surface area (Å²) in [5, 5.41) is 0. The highest BCUT2D eigenvalue weighted by Gasteiger charge is 2.12. The lowest BCUT2D eigenvalue weighted by Gasteiger charge is -2.11. The van der Waals surface area contributed by atoms with Crippen LogP contribution in [0.1, 0.15) is 11.1 Å². The Morgan fingerprint density at radius 2 is 1.12 bits per heavy atom. The van der Waals surface area contributed by atoms with E-state index in [4.69, 9.17) is 31.4 Å². The van der Waals surface area contributed by atoms with Gasteiger partial charge in [0, 0.05) is 0 Å². The third-order valence-electron chi connectivity index (χ3n) is 2.76. The molecule has 0 saturated heterocycles. The monoisotopic (exact) mass is 361 g/mol. The zero-order chi connectivity index (χ0) is 19.9. The topological polar surface area (TPSA) is 157 Å². The molecular formula is C17H19N3O6. The van der Waals surface area contributed by atoms with E-state index in [9.17, 15) is 14.4 Å². The summed E-state index contributed by atoms with van der Waals surface area (Å²) in [7, 11) is 0. The number of rotatable bonds is 8. The van der Waals surface area contributed by atoms with Crippen molar-refractivity contribution < 1.29 is 28.6 Å². The minimum absolute atomic E-state index is 0.0827. The number of esters is 3. The molecule has 0 aliphatic carbocycles. The number of hydrogen-bond acceptors (Lipinski definition) is 9. The van der Waals surface area contributed by atoms with Crippen molar-refractivity contribution in [2.24, 2.45) is 17.2 Å². The van der Waals surface area contributed by atoms with Crippen LogP contribution in [0.5, 0.6) is 5.75 Å². The first kappa shape index (κ1) is 20.3. The molecule has 0 unspecified atom stereocenters. The van der Waals surface area contributed by atoms with Crippen LogP contribution in [0.25, 0.3) is 0 Å². The average molecular weight is 361 g/mol. The van der Waals surface area contributed by atoms with E-state index in [2.05, 4.69) is 19.7 Å². The second-order valence-corrected chi connectivity index (χ2v) is 5.10. The van der Waals surface area contributed by atoms with Gasteiger partial charge >= 0.3 is 17.9 Å². The van der Waals surface area contributed by atoms with Gasteiger partial charge in [0.2, 0.25) is 0 Å². The van der Waals surface area contributed by atoms with Crippen molar-refractivity contribution in [3.8, 4) is 5.75 Å². The molecule has 1 rings (SSSR count). The van der Waals surface area contributed by atoms with Crippen molar-refractivity contribution >= 4 is 17.9 Å². The van der Waals surface area contributed by atoms with Gasteiger partial charge in [0.1, 0.15) is 36.1 Å². The Balaban J connectivity index is 3.01. The van der Waals surface area contributed by atoms with Gasteiger partial charge in [0.25, 0.3) is 0 Å². The summed E-state index contributed by atoms with van der Waals surface area (Å²) in [6.45, 7) is 9.42. The van der Waals surface area contributed by atoms with Crippen molar-refractivity contribution in [1.29, 1.82) is 0 Å². The maximum absolute atomic E-state index is 11.6. The number of ether oxygens (including phenoxy) is 3. The van der Waals surface area contributed by atoms with Gasteiger partial charge in [-0.05, 0) is 29.3 Å². The molecular weight excluding hydrogens is 342 g/mol. The van der Waals surface area contributed by atoms with Crippen molar-refractivity contribution in [3.05, 3.63) is 66.2 Å². The molecule has 0 atom stereocenters. The number of carbonyl (C=O) groups is 3. The van der Waals surface area contributed by atoms with Gasteiger partial charge in [-0.1, -0.05) is 19.7 Å². The SMILES string of the molecule is C=C(N)C(=O)OCc1cc(COC(=O)C(=C)N)cc(OC(=O)C(=C)N)c1. The van der Waals surface area contributed by atoms with Gasteiger partial charge in [-0.15, -0.1) is 0 Å². The molecule has 0 amide bonds. The van der Waals surface area contributed by atoms with E-state index in [-0.39, 0.29) is 36.1 Å². The fourth-order valence-corrected chi connectivity index (χ4v) is 1.61. The van der Waals surface area contributed by atoms with Gasteiger partial charge in [0.05, 0.1) is 0 Å². The molecule has 1 aromatic carbocycles. The summed E-state index contributed by atoms with van der Waals surface area (Å²) in [5.74, 6) is -2.36. The molecule has 9 heteroatoms. The van der Waals surface area contributed by atoms with E-state index in [1.807, 2.05) is 0 Å². The largest absolute Gasteiger partial charge is 0.456 e. The summed E-state index contributed by atoms with van der Waals surface area (Å²) in [4.78, 5) is 34.4. The molecule has 0 spiro atoms. The van der Waals surface area contributed by atoms with E-state index in [1.165, 1.54) is 12.1 Å². The van der Waals surface area contributed by atoms with Gasteiger partial charge in [-0.2, -0.15) is 0 Å². The molecule has 0 saturated carbocycles. The molecule has 6 N–H and O–H groups in total. The molecule has 9 nitrogen and oxygen atoms in total. The number of hydrogen-bond donors (Lipinski definition) is 3. The van der Waals surface area contributed by atoms with Crippen LogP contribution in [0.4, 0.5) is 0 Å². The lowest BCUT2D eigenvalue weighted by atomic mass is 10.1. The van der Waals surface area contributed by atoms with Crippen LogP contribution in [-0.4, -0.2) is 17.9 Å². The van der Waals surface area contributed by atoms with E-state index in [0.29, 0.717) is 11.1 Å². The molecule has 0 bridgehead atoms. The van der Waals surface area contributed by atoms with Crippen LogP contribution in [0.2, 0.25) is 0 Å². The Morgan fingerprint density at radius 3 is 1.46 bits per heavy atom. The Bertz CT molecular complexity index is 736. The minimum Gasteiger partial charge on any atom is -0.456 e. The first-order chi connectivity index (χ1) is 12.1. The maximum Gasteiger partial charge on any atom is 0.358 e. The van der Waals surface area contributed by atoms with Crippen molar-refractivity contribution in [2.75, 3.05) is 0 Å². The zero-order valence-electron chi connectivity index (χ0n) is 13.9. The van der Waals surface area contributed by atoms with Gasteiger partial charge in [0.15, 0.2) is 0 Å². The molecule has 0 aliphatic heterocycles. The fourth-order valence-electron chi connectivity index (χ4n) is 1.61. The summed E-state index contributed by atoms with van der Waals surface area (Å²) in [5.41, 5.74) is 15.8. The van der Waals surface area contributed by atoms with E-state index >= 15 is 0 Å². The summed E-state index contributed by atoms with van der Waals surface area (Å²) < 4.78 is 14.9. The van der Waals surface area contributed by atoms with Crippen LogP contribution in [0.15, 0.2) is 55.0 Å². The average Bonchev–Trinajstić information content (AvgIpc) is 2.56. The lowest BCUT2D eigenvalue weighted by molar-refractivity contribution is -0.141. The second-order valence-electron chi connectivity index (χ2n) is 5.10. The van der Waals surface area contributed by atoms with Gasteiger partial charge in [-0.25, -0.2) is 14.4 Å². The summed E-state index contributed by atoms with van der Waals surface area (Å²) in [6, 6.07) is 4.43. The van der Waals surface area contributed by atoms with E-state index in [1.54, 1.807) is 6.07 Å². The quantitative estimate of drug-likeness (QED) is 0.332. The predicted molar refractivity (Wildman–Crippen MR) is 91.7 cm³/mol. The first-order valence-corrected chi connectivity index (χ1v) is 7.12. The third-order valence-corrected chi connectivity index (χ3v) is 2.76. The molecule has 0 aliphatic rings. The van der Waals surface area contributed by atoms with Crippen LogP contribution in [-0.2, 0) is 37.1 Å². The Kier molecular flexibility index (Phi) is 6.97. The molecule has 26 heavy (non-hydrogen) atoms. The van der Waals surface area contributed by atoms with Gasteiger partial charge in [-0.3, -0.25) is 0 Å². The standard InChI is InChI=1S/C17H19N3O6/c1-9(18)15(21)24-7-12-4-13(8-25-16(22)10(2)19)6-14(5-12)26-17(23)11(3)20/h4-6H,1-3,7-8,18-20H2. The van der Waals surface area contributed by atoms with E-state index < -0.39 is 17.9 Å². The molecule has 0 fully saturated rings. The number of benzene rings is 1. The molecule has 0 aromatic heterocycles. The van der Waals surface area contributed by atoms with Crippen molar-refractivity contribution in [1.82, 2.24) is 0 Å².